The second-order valence-electron chi connectivity index (χ2n) is 6.54. The van der Waals surface area contributed by atoms with Gasteiger partial charge in [0.1, 0.15) is 0 Å². The van der Waals surface area contributed by atoms with Crippen LogP contribution in [0, 0.1) is 0 Å². The Morgan fingerprint density at radius 1 is 1.30 bits per heavy atom. The van der Waals surface area contributed by atoms with E-state index >= 15 is 0 Å². The summed E-state index contributed by atoms with van der Waals surface area (Å²) >= 11 is 12.0. The number of benzene rings is 1. The number of likely N-dealkylation sites (tertiary alicyclic amines) is 2. The molecule has 2 heterocycles. The number of carbonyl (C=O) groups excluding carboxylic acids is 1. The summed E-state index contributed by atoms with van der Waals surface area (Å²) in [6, 6.07) is 6.48. The van der Waals surface area contributed by atoms with Crippen molar-refractivity contribution in [2.24, 2.45) is 0 Å². The molecule has 1 atom stereocenters. The van der Waals surface area contributed by atoms with Gasteiger partial charge in [0.05, 0.1) is 0 Å². The van der Waals surface area contributed by atoms with Crippen LogP contribution in [0.4, 0.5) is 4.79 Å². The molecule has 0 aromatic heterocycles. The number of urea groups is 1. The van der Waals surface area contributed by atoms with E-state index in [1.54, 1.807) is 12.1 Å². The van der Waals surface area contributed by atoms with Gasteiger partial charge in [-0.3, -0.25) is 4.90 Å². The number of piperidine rings is 1. The predicted molar refractivity (Wildman–Crippen MR) is 94.1 cm³/mol. The lowest BCUT2D eigenvalue weighted by atomic mass is 9.98. The number of halogens is 2. The molecule has 0 saturated carbocycles. The molecule has 0 spiro atoms. The summed E-state index contributed by atoms with van der Waals surface area (Å²) in [6.45, 7) is 5.54. The molecular formula is C17H23Cl2N3O. The predicted octanol–water partition coefficient (Wildman–Crippen LogP) is 3.76. The number of nitrogens with zero attached hydrogens (tertiary/aromatic N) is 2. The average molecular weight is 356 g/mol. The van der Waals surface area contributed by atoms with E-state index in [1.807, 2.05) is 11.0 Å². The summed E-state index contributed by atoms with van der Waals surface area (Å²) in [5, 5.41) is 4.12. The quantitative estimate of drug-likeness (QED) is 0.895. The maximum Gasteiger partial charge on any atom is 0.317 e. The molecule has 2 fully saturated rings. The molecule has 2 saturated heterocycles. The summed E-state index contributed by atoms with van der Waals surface area (Å²) in [5.41, 5.74) is 0.881. The molecule has 1 aromatic rings. The minimum atomic E-state index is -0.0167. The van der Waals surface area contributed by atoms with Gasteiger partial charge in [-0.25, -0.2) is 4.79 Å². The van der Waals surface area contributed by atoms with E-state index in [9.17, 15) is 4.79 Å². The first kappa shape index (κ1) is 16.9. The third kappa shape index (κ3) is 3.93. The Balaban J connectivity index is 1.45. The van der Waals surface area contributed by atoms with E-state index in [1.165, 1.54) is 25.8 Å². The molecule has 126 valence electrons. The lowest BCUT2D eigenvalue weighted by Gasteiger charge is -2.49. The maximum absolute atomic E-state index is 12.2. The van der Waals surface area contributed by atoms with Gasteiger partial charge in [-0.2, -0.15) is 0 Å². The van der Waals surface area contributed by atoms with Crippen LogP contribution in [0.5, 0.6) is 0 Å². The van der Waals surface area contributed by atoms with Gasteiger partial charge in [0.2, 0.25) is 0 Å². The lowest BCUT2D eigenvalue weighted by Crippen LogP contribution is -2.64. The zero-order valence-electron chi connectivity index (χ0n) is 13.4. The first-order valence-electron chi connectivity index (χ1n) is 8.27. The fraction of sp³-hybridized carbons (Fsp3) is 0.588. The van der Waals surface area contributed by atoms with E-state index in [2.05, 4.69) is 17.1 Å². The molecule has 3 rings (SSSR count). The fourth-order valence-corrected chi connectivity index (χ4v) is 3.92. The molecule has 1 aromatic carbocycles. The van der Waals surface area contributed by atoms with Crippen molar-refractivity contribution in [3.63, 3.8) is 0 Å². The third-order valence-corrected chi connectivity index (χ3v) is 5.50. The van der Waals surface area contributed by atoms with Crippen LogP contribution in [0.2, 0.25) is 10.0 Å². The summed E-state index contributed by atoms with van der Waals surface area (Å²) in [6.07, 6.45) is 3.89. The van der Waals surface area contributed by atoms with Gasteiger partial charge >= 0.3 is 6.03 Å². The second-order valence-corrected chi connectivity index (χ2v) is 7.38. The molecule has 1 N–H and O–H groups in total. The monoisotopic (exact) mass is 355 g/mol. The normalized spacial score (nSPS) is 22.7. The lowest BCUT2D eigenvalue weighted by molar-refractivity contribution is 0.0169. The Labute approximate surface area is 147 Å². The smallest absolute Gasteiger partial charge is 0.317 e. The molecular weight excluding hydrogens is 333 g/mol. The van der Waals surface area contributed by atoms with Gasteiger partial charge in [0, 0.05) is 41.8 Å². The van der Waals surface area contributed by atoms with Gasteiger partial charge in [-0.15, -0.1) is 0 Å². The average Bonchev–Trinajstić information content (AvgIpc) is 2.47. The van der Waals surface area contributed by atoms with Crippen LogP contribution in [0.25, 0.3) is 0 Å². The first-order valence-corrected chi connectivity index (χ1v) is 9.02. The first-order chi connectivity index (χ1) is 11.0. The van der Waals surface area contributed by atoms with Crippen molar-refractivity contribution in [2.75, 3.05) is 19.6 Å². The number of amides is 2. The van der Waals surface area contributed by atoms with E-state index in [4.69, 9.17) is 23.2 Å². The van der Waals surface area contributed by atoms with E-state index < -0.39 is 0 Å². The van der Waals surface area contributed by atoms with Gasteiger partial charge in [0.25, 0.3) is 0 Å². The molecule has 2 aliphatic heterocycles. The summed E-state index contributed by atoms with van der Waals surface area (Å²) in [4.78, 5) is 16.6. The van der Waals surface area contributed by atoms with Gasteiger partial charge in [-0.05, 0) is 44.0 Å². The van der Waals surface area contributed by atoms with Crippen LogP contribution in [-0.2, 0) is 6.54 Å². The third-order valence-electron chi connectivity index (χ3n) is 4.92. The molecule has 0 bridgehead atoms. The van der Waals surface area contributed by atoms with Crippen molar-refractivity contribution in [2.45, 2.75) is 44.8 Å². The Hall–Kier alpha value is -0.970. The van der Waals surface area contributed by atoms with Crippen LogP contribution >= 0.6 is 23.2 Å². The van der Waals surface area contributed by atoms with Crippen molar-refractivity contribution in [3.05, 3.63) is 33.8 Å². The molecule has 4 nitrogen and oxygen atoms in total. The fourth-order valence-electron chi connectivity index (χ4n) is 3.44. The van der Waals surface area contributed by atoms with Gasteiger partial charge in [0.15, 0.2) is 0 Å². The Morgan fingerprint density at radius 2 is 2.09 bits per heavy atom. The zero-order chi connectivity index (χ0) is 16.4. The van der Waals surface area contributed by atoms with Crippen molar-refractivity contribution >= 4 is 29.2 Å². The van der Waals surface area contributed by atoms with E-state index in [0.29, 0.717) is 28.7 Å². The number of rotatable bonds is 3. The molecule has 6 heteroatoms. The zero-order valence-corrected chi connectivity index (χ0v) is 14.9. The van der Waals surface area contributed by atoms with E-state index in [-0.39, 0.29) is 6.03 Å². The Bertz CT molecular complexity index is 575. The van der Waals surface area contributed by atoms with Crippen LogP contribution < -0.4 is 5.32 Å². The van der Waals surface area contributed by atoms with Crippen LogP contribution in [0.1, 0.15) is 31.7 Å². The van der Waals surface area contributed by atoms with Crippen LogP contribution in [0.3, 0.4) is 0 Å². The Morgan fingerprint density at radius 3 is 2.78 bits per heavy atom. The standard InChI is InChI=1S/C17H23Cl2N3O/c1-12-4-2-3-7-22(12)15-10-21(11-15)17(23)20-9-13-5-6-14(18)8-16(13)19/h5-6,8,12,15H,2-4,7,9-11H2,1H3,(H,20,23)/t12-/m1/s1. The van der Waals surface area contributed by atoms with Crippen LogP contribution in [0.15, 0.2) is 18.2 Å². The minimum Gasteiger partial charge on any atom is -0.334 e. The highest BCUT2D eigenvalue weighted by molar-refractivity contribution is 6.35. The summed E-state index contributed by atoms with van der Waals surface area (Å²) in [5.74, 6) is 0. The van der Waals surface area contributed by atoms with Crippen molar-refractivity contribution in [1.82, 2.24) is 15.1 Å². The number of hydrogen-bond acceptors (Lipinski definition) is 2. The number of hydrogen-bond donors (Lipinski definition) is 1. The second kappa shape index (κ2) is 7.29. The largest absolute Gasteiger partial charge is 0.334 e. The highest BCUT2D eigenvalue weighted by Gasteiger charge is 2.37. The van der Waals surface area contributed by atoms with Crippen molar-refractivity contribution < 1.29 is 4.79 Å². The van der Waals surface area contributed by atoms with Crippen molar-refractivity contribution in [1.29, 1.82) is 0 Å². The molecule has 0 radical (unpaired) electrons. The topological polar surface area (TPSA) is 35.6 Å². The van der Waals surface area contributed by atoms with E-state index in [0.717, 1.165) is 18.7 Å². The Kier molecular flexibility index (Phi) is 5.34. The molecule has 23 heavy (non-hydrogen) atoms. The maximum atomic E-state index is 12.2. The molecule has 0 unspecified atom stereocenters. The molecule has 2 aliphatic rings. The number of carbonyl (C=O) groups is 1. The highest BCUT2D eigenvalue weighted by Crippen LogP contribution is 2.25. The highest BCUT2D eigenvalue weighted by atomic mass is 35.5. The van der Waals surface area contributed by atoms with Gasteiger partial charge in [-0.1, -0.05) is 35.7 Å². The van der Waals surface area contributed by atoms with Crippen LogP contribution in [-0.4, -0.2) is 47.5 Å². The minimum absolute atomic E-state index is 0.0167. The number of nitrogens with one attached hydrogen (secondary N) is 1. The SMILES string of the molecule is C[C@@H]1CCCCN1C1CN(C(=O)NCc2ccc(Cl)cc2Cl)C1. The molecule has 0 aliphatic carbocycles. The summed E-state index contributed by atoms with van der Waals surface area (Å²) < 4.78 is 0. The van der Waals surface area contributed by atoms with Gasteiger partial charge < -0.3 is 10.2 Å². The molecule has 2 amide bonds. The summed E-state index contributed by atoms with van der Waals surface area (Å²) in [7, 11) is 0. The van der Waals surface area contributed by atoms with Crippen molar-refractivity contribution in [3.8, 4) is 0 Å².